The van der Waals surface area contributed by atoms with Crippen molar-refractivity contribution in [2.24, 2.45) is 0 Å². The molecule has 2 atom stereocenters. The van der Waals surface area contributed by atoms with Crippen molar-refractivity contribution in [3.05, 3.63) is 47.4 Å². The molecule has 8 nitrogen and oxygen atoms in total. The highest BCUT2D eigenvalue weighted by molar-refractivity contribution is 7.22. The number of hydrogen-bond donors (Lipinski definition) is 3. The van der Waals surface area contributed by atoms with Gasteiger partial charge in [-0.25, -0.2) is 19.2 Å². The maximum absolute atomic E-state index is 13.4. The number of carbonyl (C=O) groups is 1. The van der Waals surface area contributed by atoms with Crippen molar-refractivity contribution in [2.75, 3.05) is 36.5 Å². The molecule has 1 aromatic carbocycles. The van der Waals surface area contributed by atoms with Gasteiger partial charge < -0.3 is 20.0 Å². The van der Waals surface area contributed by atoms with Crippen LogP contribution >= 0.6 is 11.3 Å². The van der Waals surface area contributed by atoms with Gasteiger partial charge in [-0.3, -0.25) is 5.32 Å². The average Bonchev–Trinajstić information content (AvgIpc) is 3.14. The number of aryl methyl sites for hydroxylation is 1. The maximum atomic E-state index is 13.4. The standard InChI is InChI=1S/C22H26FN5O3S/c1-13-7-15(8-17(30)12-29)10-24-20(13)27-5-6-28(14(2)11-27)22(31)26-21-25-18-4-3-16(23)9-19(18)32-21/h3-4,7,9-10,14,17,29-30H,5-6,8,11-12H2,1-2H3,(H,25,26,31)/t14-,17-/m1/s1. The van der Waals surface area contributed by atoms with Crippen LogP contribution in [0.3, 0.4) is 0 Å². The highest BCUT2D eigenvalue weighted by Gasteiger charge is 2.29. The molecule has 0 spiro atoms. The van der Waals surface area contributed by atoms with Gasteiger partial charge in [-0.05, 0) is 43.2 Å². The minimum Gasteiger partial charge on any atom is -0.394 e. The Labute approximate surface area is 189 Å². The highest BCUT2D eigenvalue weighted by Crippen LogP contribution is 2.27. The average molecular weight is 460 g/mol. The van der Waals surface area contributed by atoms with Crippen LogP contribution < -0.4 is 10.2 Å². The Morgan fingerprint density at radius 2 is 2.19 bits per heavy atom. The van der Waals surface area contributed by atoms with Crippen LogP contribution in [0.15, 0.2) is 30.5 Å². The minimum absolute atomic E-state index is 0.0485. The van der Waals surface area contributed by atoms with Gasteiger partial charge in [0.05, 0.1) is 22.9 Å². The fourth-order valence-electron chi connectivity index (χ4n) is 3.97. The fraction of sp³-hybridized carbons (Fsp3) is 0.409. The van der Waals surface area contributed by atoms with Crippen LogP contribution in [0.4, 0.5) is 20.1 Å². The zero-order valence-electron chi connectivity index (χ0n) is 18.0. The summed E-state index contributed by atoms with van der Waals surface area (Å²) in [6.45, 7) is 5.46. The first-order chi connectivity index (χ1) is 15.3. The number of nitrogens with one attached hydrogen (secondary N) is 1. The Hall–Kier alpha value is -2.82. The van der Waals surface area contributed by atoms with Crippen molar-refractivity contribution in [3.8, 4) is 0 Å². The first kappa shape index (κ1) is 22.4. The number of benzene rings is 1. The molecule has 3 heterocycles. The minimum atomic E-state index is -0.793. The van der Waals surface area contributed by atoms with Crippen molar-refractivity contribution in [1.29, 1.82) is 0 Å². The number of carbonyl (C=O) groups excluding carboxylic acids is 1. The number of rotatable bonds is 5. The summed E-state index contributed by atoms with van der Waals surface area (Å²) in [5, 5.41) is 22.0. The first-order valence-corrected chi connectivity index (χ1v) is 11.3. The predicted octanol–water partition coefficient (Wildman–Crippen LogP) is 2.78. The summed E-state index contributed by atoms with van der Waals surface area (Å²) >= 11 is 1.25. The second-order valence-electron chi connectivity index (χ2n) is 8.07. The number of halogens is 1. The lowest BCUT2D eigenvalue weighted by molar-refractivity contribution is 0.0954. The quantitative estimate of drug-likeness (QED) is 0.542. The molecular weight excluding hydrogens is 433 g/mol. The zero-order valence-corrected chi connectivity index (χ0v) is 18.8. The van der Waals surface area contributed by atoms with Crippen molar-refractivity contribution in [1.82, 2.24) is 14.9 Å². The van der Waals surface area contributed by atoms with Crippen LogP contribution in [-0.4, -0.2) is 69.5 Å². The monoisotopic (exact) mass is 459 g/mol. The molecule has 4 rings (SSSR count). The summed E-state index contributed by atoms with van der Waals surface area (Å²) in [6.07, 6.45) is 1.28. The van der Waals surface area contributed by atoms with E-state index in [-0.39, 0.29) is 24.5 Å². The summed E-state index contributed by atoms with van der Waals surface area (Å²) in [5.41, 5.74) is 2.51. The number of aliphatic hydroxyl groups excluding tert-OH is 2. The SMILES string of the molecule is Cc1cc(C[C@@H](O)CO)cnc1N1CCN(C(=O)Nc2nc3ccc(F)cc3s2)[C@H](C)C1. The molecule has 3 N–H and O–H groups in total. The van der Waals surface area contributed by atoms with Gasteiger partial charge in [0.2, 0.25) is 0 Å². The number of amides is 2. The third kappa shape index (κ3) is 4.82. The third-order valence-electron chi connectivity index (χ3n) is 5.54. The molecule has 1 saturated heterocycles. The van der Waals surface area contributed by atoms with E-state index in [1.54, 1.807) is 17.2 Å². The molecular formula is C22H26FN5O3S. The van der Waals surface area contributed by atoms with E-state index in [4.69, 9.17) is 5.11 Å². The maximum Gasteiger partial charge on any atom is 0.324 e. The number of piperazine rings is 1. The number of fused-ring (bicyclic) bond motifs is 1. The number of aromatic nitrogens is 2. The molecule has 0 saturated carbocycles. The number of nitrogens with zero attached hydrogens (tertiary/aromatic N) is 4. The van der Waals surface area contributed by atoms with Crippen molar-refractivity contribution < 1.29 is 19.4 Å². The molecule has 2 aromatic heterocycles. The summed E-state index contributed by atoms with van der Waals surface area (Å²) in [5.74, 6) is 0.526. The van der Waals surface area contributed by atoms with Gasteiger partial charge in [-0.1, -0.05) is 17.4 Å². The molecule has 1 aliphatic rings. The highest BCUT2D eigenvalue weighted by atomic mass is 32.1. The van der Waals surface area contributed by atoms with Gasteiger partial charge in [0.1, 0.15) is 11.6 Å². The molecule has 170 valence electrons. The van der Waals surface area contributed by atoms with Crippen LogP contribution in [0.1, 0.15) is 18.1 Å². The summed E-state index contributed by atoms with van der Waals surface area (Å²) in [4.78, 5) is 25.7. The Balaban J connectivity index is 1.39. The van der Waals surface area contributed by atoms with E-state index < -0.39 is 6.10 Å². The molecule has 2 amide bonds. The van der Waals surface area contributed by atoms with Gasteiger partial charge in [0.25, 0.3) is 0 Å². The van der Waals surface area contributed by atoms with Crippen molar-refractivity contribution in [2.45, 2.75) is 32.4 Å². The van der Waals surface area contributed by atoms with Crippen LogP contribution in [0.2, 0.25) is 0 Å². The fourth-order valence-corrected chi connectivity index (χ4v) is 4.85. The van der Waals surface area contributed by atoms with Crippen molar-refractivity contribution in [3.63, 3.8) is 0 Å². The zero-order chi connectivity index (χ0) is 22.8. The summed E-state index contributed by atoms with van der Waals surface area (Å²) in [7, 11) is 0. The Morgan fingerprint density at radius 3 is 2.91 bits per heavy atom. The molecule has 32 heavy (non-hydrogen) atoms. The van der Waals surface area contributed by atoms with Gasteiger partial charge in [-0.2, -0.15) is 0 Å². The number of anilines is 2. The van der Waals surface area contributed by atoms with E-state index in [1.165, 1.54) is 23.5 Å². The van der Waals surface area contributed by atoms with Crippen LogP contribution in [0.25, 0.3) is 10.2 Å². The summed E-state index contributed by atoms with van der Waals surface area (Å²) in [6, 6.07) is 6.06. The lowest BCUT2D eigenvalue weighted by Gasteiger charge is -2.40. The van der Waals surface area contributed by atoms with E-state index in [0.29, 0.717) is 41.4 Å². The van der Waals surface area contributed by atoms with E-state index in [9.17, 15) is 14.3 Å². The number of aliphatic hydroxyl groups is 2. The lowest BCUT2D eigenvalue weighted by atomic mass is 10.1. The van der Waals surface area contributed by atoms with Crippen LogP contribution in [0, 0.1) is 12.7 Å². The Morgan fingerprint density at radius 1 is 1.38 bits per heavy atom. The molecule has 3 aromatic rings. The smallest absolute Gasteiger partial charge is 0.324 e. The third-order valence-corrected chi connectivity index (χ3v) is 6.48. The van der Waals surface area contributed by atoms with Gasteiger partial charge in [0, 0.05) is 38.3 Å². The van der Waals surface area contributed by atoms with Crippen molar-refractivity contribution >= 4 is 38.5 Å². The number of hydrogen-bond acceptors (Lipinski definition) is 7. The largest absolute Gasteiger partial charge is 0.394 e. The lowest BCUT2D eigenvalue weighted by Crippen LogP contribution is -2.55. The number of urea groups is 1. The van der Waals surface area contributed by atoms with E-state index in [1.807, 2.05) is 19.9 Å². The molecule has 1 fully saturated rings. The second-order valence-corrected chi connectivity index (χ2v) is 9.10. The van der Waals surface area contributed by atoms with Crippen LogP contribution in [0.5, 0.6) is 0 Å². The van der Waals surface area contributed by atoms with E-state index in [0.717, 1.165) is 16.9 Å². The Bertz CT molecular complexity index is 1120. The Kier molecular flexibility index (Phi) is 6.54. The van der Waals surface area contributed by atoms with Gasteiger partial charge in [-0.15, -0.1) is 0 Å². The van der Waals surface area contributed by atoms with Gasteiger partial charge in [0.15, 0.2) is 5.13 Å². The number of thiazole rings is 1. The molecule has 10 heteroatoms. The predicted molar refractivity (Wildman–Crippen MR) is 123 cm³/mol. The van der Waals surface area contributed by atoms with Gasteiger partial charge >= 0.3 is 6.03 Å². The molecule has 0 radical (unpaired) electrons. The second kappa shape index (κ2) is 9.35. The first-order valence-electron chi connectivity index (χ1n) is 10.5. The van der Waals surface area contributed by atoms with E-state index >= 15 is 0 Å². The normalized spacial score (nSPS) is 17.6. The summed E-state index contributed by atoms with van der Waals surface area (Å²) < 4.78 is 14.1. The van der Waals surface area contributed by atoms with E-state index in [2.05, 4.69) is 20.2 Å². The molecule has 0 aliphatic carbocycles. The molecule has 0 bridgehead atoms. The topological polar surface area (TPSA) is 102 Å². The van der Waals surface area contributed by atoms with Crippen LogP contribution in [-0.2, 0) is 6.42 Å². The molecule has 1 aliphatic heterocycles. The molecule has 0 unspecified atom stereocenters. The number of pyridine rings is 1.